The normalized spacial score (nSPS) is 27.1. The fraction of sp³-hybridized carbons (Fsp3) is 0.591. The summed E-state index contributed by atoms with van der Waals surface area (Å²) < 4.78 is 25.6. The molecule has 2 amide bonds. The lowest BCUT2D eigenvalue weighted by molar-refractivity contribution is -0.157. The first-order chi connectivity index (χ1) is 14.5. The third-order valence-corrected chi connectivity index (χ3v) is 5.91. The second-order valence-corrected chi connectivity index (χ2v) is 9.48. The molecule has 2 heterocycles. The van der Waals surface area contributed by atoms with Crippen molar-refractivity contribution < 1.29 is 28.2 Å². The number of anilines is 2. The van der Waals surface area contributed by atoms with Gasteiger partial charge in [-0.3, -0.25) is 14.5 Å². The summed E-state index contributed by atoms with van der Waals surface area (Å²) in [5, 5.41) is 2.61. The molecule has 9 heteroatoms. The van der Waals surface area contributed by atoms with Crippen LogP contribution in [0.4, 0.5) is 20.6 Å². The largest absolute Gasteiger partial charge is 0.460 e. The van der Waals surface area contributed by atoms with E-state index in [1.807, 2.05) is 25.7 Å². The molecule has 8 nitrogen and oxygen atoms in total. The Morgan fingerprint density at radius 2 is 1.90 bits per heavy atom. The van der Waals surface area contributed by atoms with Gasteiger partial charge < -0.3 is 19.7 Å². The van der Waals surface area contributed by atoms with Crippen LogP contribution >= 0.6 is 0 Å². The van der Waals surface area contributed by atoms with E-state index in [-0.39, 0.29) is 42.7 Å². The molecule has 0 aromatic heterocycles. The SMILES string of the molecule is CC(=O)NC[C@H]1CN(c2ccc(N3C[C@@H]4C(C(=O)OC(C)(C)C)[C@@H]4C3)c(F)c2)C(=O)O1. The van der Waals surface area contributed by atoms with Crippen molar-refractivity contribution in [3.05, 3.63) is 24.0 Å². The van der Waals surface area contributed by atoms with Crippen LogP contribution in [0.3, 0.4) is 0 Å². The van der Waals surface area contributed by atoms with E-state index in [1.165, 1.54) is 17.9 Å². The average Bonchev–Trinajstić information content (AvgIpc) is 2.97. The Bertz CT molecular complexity index is 903. The van der Waals surface area contributed by atoms with Crippen molar-refractivity contribution in [3.63, 3.8) is 0 Å². The van der Waals surface area contributed by atoms with Crippen LogP contribution in [0.2, 0.25) is 0 Å². The zero-order chi connectivity index (χ0) is 22.5. The van der Waals surface area contributed by atoms with Crippen molar-refractivity contribution in [2.45, 2.75) is 39.4 Å². The minimum Gasteiger partial charge on any atom is -0.460 e. The predicted octanol–water partition coefficient (Wildman–Crippen LogP) is 2.31. The number of cyclic esters (lactones) is 1. The molecule has 3 fully saturated rings. The van der Waals surface area contributed by atoms with Gasteiger partial charge in [-0.1, -0.05) is 0 Å². The highest BCUT2D eigenvalue weighted by molar-refractivity contribution is 5.90. The summed E-state index contributed by atoms with van der Waals surface area (Å²) in [6.45, 7) is 8.61. The topological polar surface area (TPSA) is 88.2 Å². The van der Waals surface area contributed by atoms with Gasteiger partial charge in [-0.25, -0.2) is 9.18 Å². The fourth-order valence-corrected chi connectivity index (χ4v) is 4.46. The highest BCUT2D eigenvalue weighted by atomic mass is 19.1. The predicted molar refractivity (Wildman–Crippen MR) is 111 cm³/mol. The molecule has 1 aromatic carbocycles. The molecule has 0 bridgehead atoms. The summed E-state index contributed by atoms with van der Waals surface area (Å²) in [5.41, 5.74) is 0.363. The summed E-state index contributed by atoms with van der Waals surface area (Å²) in [7, 11) is 0. The average molecular weight is 433 g/mol. The standard InChI is InChI=1S/C22H28FN3O5/c1-12(27)24-8-14-9-26(21(29)30-14)13-5-6-18(17(23)7-13)25-10-15-16(11-25)19(15)20(28)31-22(2,3)4/h5-7,14-16,19H,8-11H2,1-4H3,(H,24,27)/t14-,15-,16+,19?/m0/s1. The fourth-order valence-electron chi connectivity index (χ4n) is 4.46. The molecular formula is C22H28FN3O5. The van der Waals surface area contributed by atoms with Crippen LogP contribution in [0.25, 0.3) is 0 Å². The minimum absolute atomic E-state index is 0.0993. The summed E-state index contributed by atoms with van der Waals surface area (Å²) in [6, 6.07) is 4.68. The van der Waals surface area contributed by atoms with E-state index < -0.39 is 23.6 Å². The maximum atomic E-state index is 14.9. The molecule has 2 saturated heterocycles. The van der Waals surface area contributed by atoms with Crippen LogP contribution in [0, 0.1) is 23.6 Å². The zero-order valence-electron chi connectivity index (χ0n) is 18.2. The van der Waals surface area contributed by atoms with Crippen molar-refractivity contribution in [2.24, 2.45) is 17.8 Å². The van der Waals surface area contributed by atoms with Gasteiger partial charge in [0, 0.05) is 20.0 Å². The van der Waals surface area contributed by atoms with Crippen molar-refractivity contribution in [1.29, 1.82) is 0 Å². The number of hydrogen-bond donors (Lipinski definition) is 1. The number of halogens is 1. The number of carbonyl (C=O) groups is 3. The van der Waals surface area contributed by atoms with Crippen LogP contribution in [-0.4, -0.2) is 55.9 Å². The molecule has 2 aliphatic heterocycles. The number of benzene rings is 1. The number of amides is 2. The first kappa shape index (κ1) is 21.4. The van der Waals surface area contributed by atoms with E-state index in [9.17, 15) is 18.8 Å². The number of hydrogen-bond acceptors (Lipinski definition) is 6. The molecule has 1 aliphatic carbocycles. The van der Waals surface area contributed by atoms with Gasteiger partial charge in [0.2, 0.25) is 5.91 Å². The Labute approximate surface area is 180 Å². The van der Waals surface area contributed by atoms with E-state index in [2.05, 4.69) is 5.32 Å². The lowest BCUT2D eigenvalue weighted by Crippen LogP contribution is -2.33. The van der Waals surface area contributed by atoms with E-state index in [0.29, 0.717) is 24.5 Å². The van der Waals surface area contributed by atoms with E-state index in [1.54, 1.807) is 12.1 Å². The van der Waals surface area contributed by atoms with Crippen LogP contribution in [0.15, 0.2) is 18.2 Å². The van der Waals surface area contributed by atoms with Crippen LogP contribution in [-0.2, 0) is 19.1 Å². The summed E-state index contributed by atoms with van der Waals surface area (Å²) in [5.74, 6) is -0.515. The van der Waals surface area contributed by atoms with Crippen LogP contribution in [0.1, 0.15) is 27.7 Å². The molecule has 3 aliphatic rings. The maximum Gasteiger partial charge on any atom is 0.414 e. The smallest absolute Gasteiger partial charge is 0.414 e. The van der Waals surface area contributed by atoms with E-state index >= 15 is 0 Å². The van der Waals surface area contributed by atoms with Crippen molar-refractivity contribution in [3.8, 4) is 0 Å². The number of fused-ring (bicyclic) bond motifs is 1. The molecule has 1 N–H and O–H groups in total. The molecule has 4 atom stereocenters. The van der Waals surface area contributed by atoms with E-state index in [0.717, 1.165) is 0 Å². The highest BCUT2D eigenvalue weighted by Gasteiger charge is 2.61. The Morgan fingerprint density at radius 1 is 1.23 bits per heavy atom. The number of nitrogens with one attached hydrogen (secondary N) is 1. The molecule has 31 heavy (non-hydrogen) atoms. The molecule has 1 aromatic rings. The first-order valence-electron chi connectivity index (χ1n) is 10.5. The molecular weight excluding hydrogens is 405 g/mol. The highest BCUT2D eigenvalue weighted by Crippen LogP contribution is 2.53. The zero-order valence-corrected chi connectivity index (χ0v) is 18.2. The lowest BCUT2D eigenvalue weighted by Gasteiger charge is -2.25. The quantitative estimate of drug-likeness (QED) is 0.717. The number of piperidine rings is 1. The number of esters is 1. The van der Waals surface area contributed by atoms with Crippen LogP contribution < -0.4 is 15.1 Å². The monoisotopic (exact) mass is 433 g/mol. The molecule has 0 radical (unpaired) electrons. The minimum atomic E-state index is -0.565. The van der Waals surface area contributed by atoms with Gasteiger partial charge >= 0.3 is 12.1 Å². The van der Waals surface area contributed by atoms with E-state index in [4.69, 9.17) is 9.47 Å². The van der Waals surface area contributed by atoms with Gasteiger partial charge in [0.1, 0.15) is 17.5 Å². The van der Waals surface area contributed by atoms with Crippen molar-refractivity contribution in [1.82, 2.24) is 5.32 Å². The number of carbonyl (C=O) groups excluding carboxylic acids is 3. The number of ether oxygens (including phenoxy) is 2. The van der Waals surface area contributed by atoms with Gasteiger partial charge in [0.25, 0.3) is 0 Å². The lowest BCUT2D eigenvalue weighted by atomic mass is 10.1. The maximum absolute atomic E-state index is 14.9. The molecule has 4 rings (SSSR count). The molecule has 0 spiro atoms. The second-order valence-electron chi connectivity index (χ2n) is 9.48. The first-order valence-corrected chi connectivity index (χ1v) is 10.5. The van der Waals surface area contributed by atoms with Gasteiger partial charge in [0.15, 0.2) is 0 Å². The van der Waals surface area contributed by atoms with Gasteiger partial charge in [-0.2, -0.15) is 0 Å². The second kappa shape index (κ2) is 7.69. The Hall–Kier alpha value is -2.84. The Balaban J connectivity index is 1.36. The summed E-state index contributed by atoms with van der Waals surface area (Å²) >= 11 is 0. The molecule has 1 unspecified atom stereocenters. The summed E-state index contributed by atoms with van der Waals surface area (Å²) in [4.78, 5) is 38.8. The Morgan fingerprint density at radius 3 is 2.48 bits per heavy atom. The third-order valence-electron chi connectivity index (χ3n) is 5.91. The van der Waals surface area contributed by atoms with Gasteiger partial charge in [-0.05, 0) is 50.8 Å². The molecule has 1 saturated carbocycles. The number of nitrogens with zero attached hydrogens (tertiary/aromatic N) is 2. The third kappa shape index (κ3) is 4.45. The molecule has 168 valence electrons. The summed E-state index contributed by atoms with van der Waals surface area (Å²) in [6.07, 6.45) is -1.04. The van der Waals surface area contributed by atoms with Gasteiger partial charge in [-0.15, -0.1) is 0 Å². The number of rotatable bonds is 5. The van der Waals surface area contributed by atoms with Crippen molar-refractivity contribution >= 4 is 29.3 Å². The van der Waals surface area contributed by atoms with Gasteiger partial charge in [0.05, 0.1) is 30.4 Å². The van der Waals surface area contributed by atoms with Crippen LogP contribution in [0.5, 0.6) is 0 Å². The Kier molecular flexibility index (Phi) is 5.31. The van der Waals surface area contributed by atoms with Crippen molar-refractivity contribution in [2.75, 3.05) is 36.0 Å².